The Kier molecular flexibility index (Phi) is 7.32. The lowest BCUT2D eigenvalue weighted by molar-refractivity contribution is -0.142. The van der Waals surface area contributed by atoms with E-state index in [1.807, 2.05) is 0 Å². The molecule has 23 heavy (non-hydrogen) atoms. The number of alkyl carbamates (subject to hydrolysis) is 1. The largest absolute Gasteiger partial charge is 0.480 e. The summed E-state index contributed by atoms with van der Waals surface area (Å²) in [5.41, 5.74) is -0.648. The van der Waals surface area contributed by atoms with Crippen LogP contribution in [0.5, 0.6) is 0 Å². The van der Waals surface area contributed by atoms with E-state index < -0.39 is 29.6 Å². The summed E-state index contributed by atoms with van der Waals surface area (Å²) < 4.78 is 5.02. The first-order valence-electron chi connectivity index (χ1n) is 8.16. The summed E-state index contributed by atoms with van der Waals surface area (Å²) in [5.74, 6) is -1.23. The molecule has 1 atom stereocenters. The number of aliphatic carboxylic acids is 1. The van der Waals surface area contributed by atoms with Crippen molar-refractivity contribution < 1.29 is 24.2 Å². The van der Waals surface area contributed by atoms with Gasteiger partial charge in [-0.25, -0.2) is 9.59 Å². The van der Waals surface area contributed by atoms with Crippen molar-refractivity contribution in [3.63, 3.8) is 0 Å². The highest BCUT2D eigenvalue weighted by molar-refractivity contribution is 5.86. The molecule has 1 aliphatic carbocycles. The summed E-state index contributed by atoms with van der Waals surface area (Å²) in [4.78, 5) is 34.6. The standard InChI is InChI=1S/C16H28N2O5/c1-16(2,3)23-15(22)17-10-13(19)18-12(14(20)21)9-11-7-5-4-6-8-11/h11-12H,4-10H2,1-3H3,(H,17,22)(H,18,19)(H,20,21)/t12-/m1/s1. The summed E-state index contributed by atoms with van der Waals surface area (Å²) in [6.45, 7) is 4.86. The van der Waals surface area contributed by atoms with Gasteiger partial charge in [0.15, 0.2) is 0 Å². The monoisotopic (exact) mass is 328 g/mol. The van der Waals surface area contributed by atoms with Gasteiger partial charge in [0.05, 0.1) is 0 Å². The molecule has 0 bridgehead atoms. The van der Waals surface area contributed by atoms with Crippen LogP contribution in [0.1, 0.15) is 59.3 Å². The third kappa shape index (κ3) is 8.42. The van der Waals surface area contributed by atoms with Crippen LogP contribution in [0.2, 0.25) is 0 Å². The number of hydrogen-bond donors (Lipinski definition) is 3. The Labute approximate surface area is 137 Å². The van der Waals surface area contributed by atoms with E-state index >= 15 is 0 Å². The van der Waals surface area contributed by atoms with Gasteiger partial charge in [0.2, 0.25) is 5.91 Å². The molecule has 0 heterocycles. The molecular weight excluding hydrogens is 300 g/mol. The molecule has 132 valence electrons. The Morgan fingerprint density at radius 3 is 2.30 bits per heavy atom. The normalized spacial score (nSPS) is 17.2. The Hall–Kier alpha value is -1.79. The molecule has 1 rings (SSSR count). The van der Waals surface area contributed by atoms with Gasteiger partial charge in [-0.05, 0) is 33.1 Å². The highest BCUT2D eigenvalue weighted by atomic mass is 16.6. The van der Waals surface area contributed by atoms with Crippen molar-refractivity contribution in [1.29, 1.82) is 0 Å². The van der Waals surface area contributed by atoms with Crippen molar-refractivity contribution in [3.8, 4) is 0 Å². The SMILES string of the molecule is CC(C)(C)OC(=O)NCC(=O)N[C@H](CC1CCCCC1)C(=O)O. The summed E-state index contributed by atoms with van der Waals surface area (Å²) in [6, 6.07) is -0.911. The van der Waals surface area contributed by atoms with E-state index in [4.69, 9.17) is 4.74 Å². The lowest BCUT2D eigenvalue weighted by Crippen LogP contribution is -2.47. The van der Waals surface area contributed by atoms with E-state index in [0.717, 1.165) is 25.7 Å². The van der Waals surface area contributed by atoms with Crippen molar-refractivity contribution in [3.05, 3.63) is 0 Å². The van der Waals surface area contributed by atoms with Gasteiger partial charge in [0.25, 0.3) is 0 Å². The Morgan fingerprint density at radius 1 is 1.17 bits per heavy atom. The van der Waals surface area contributed by atoms with E-state index in [0.29, 0.717) is 12.3 Å². The van der Waals surface area contributed by atoms with E-state index in [-0.39, 0.29) is 6.54 Å². The number of carbonyl (C=O) groups is 3. The summed E-state index contributed by atoms with van der Waals surface area (Å²) in [5, 5.41) is 14.1. The van der Waals surface area contributed by atoms with E-state index in [1.54, 1.807) is 20.8 Å². The molecular formula is C16H28N2O5. The number of carboxylic acids is 1. The number of nitrogens with one attached hydrogen (secondary N) is 2. The molecule has 0 aromatic carbocycles. The van der Waals surface area contributed by atoms with Crippen molar-refractivity contribution in [2.45, 2.75) is 70.9 Å². The number of carboxylic acid groups (broad SMARTS) is 1. The first-order chi connectivity index (χ1) is 10.7. The Balaban J connectivity index is 2.38. The average Bonchev–Trinajstić information content (AvgIpc) is 2.43. The van der Waals surface area contributed by atoms with Gasteiger partial charge in [0.1, 0.15) is 18.2 Å². The minimum atomic E-state index is -1.04. The summed E-state index contributed by atoms with van der Waals surface area (Å²) in [7, 11) is 0. The third-order valence-electron chi connectivity index (χ3n) is 3.72. The van der Waals surface area contributed by atoms with Crippen LogP contribution < -0.4 is 10.6 Å². The van der Waals surface area contributed by atoms with Crippen molar-refractivity contribution in [2.24, 2.45) is 5.92 Å². The van der Waals surface area contributed by atoms with Gasteiger partial charge in [-0.1, -0.05) is 32.1 Å². The first-order valence-corrected chi connectivity index (χ1v) is 8.16. The molecule has 0 spiro atoms. The molecule has 7 heteroatoms. The fraction of sp³-hybridized carbons (Fsp3) is 0.812. The zero-order valence-electron chi connectivity index (χ0n) is 14.2. The zero-order valence-corrected chi connectivity index (χ0v) is 14.2. The Morgan fingerprint density at radius 2 is 1.78 bits per heavy atom. The Bertz CT molecular complexity index is 425. The van der Waals surface area contributed by atoms with Gasteiger partial charge in [-0.3, -0.25) is 4.79 Å². The number of ether oxygens (including phenoxy) is 1. The van der Waals surface area contributed by atoms with E-state index in [9.17, 15) is 19.5 Å². The van der Waals surface area contributed by atoms with Crippen LogP contribution in [0.3, 0.4) is 0 Å². The molecule has 0 saturated heterocycles. The van der Waals surface area contributed by atoms with Crippen molar-refractivity contribution in [1.82, 2.24) is 10.6 Å². The van der Waals surface area contributed by atoms with Gasteiger partial charge in [-0.15, -0.1) is 0 Å². The maximum absolute atomic E-state index is 11.8. The fourth-order valence-corrected chi connectivity index (χ4v) is 2.69. The van der Waals surface area contributed by atoms with Crippen LogP contribution in [0, 0.1) is 5.92 Å². The molecule has 0 aliphatic heterocycles. The third-order valence-corrected chi connectivity index (χ3v) is 3.72. The number of rotatable bonds is 6. The minimum Gasteiger partial charge on any atom is -0.480 e. The van der Waals surface area contributed by atoms with Crippen LogP contribution in [0.25, 0.3) is 0 Å². The predicted molar refractivity (Wildman–Crippen MR) is 85.0 cm³/mol. The van der Waals surface area contributed by atoms with Crippen molar-refractivity contribution >= 4 is 18.0 Å². The highest BCUT2D eigenvalue weighted by Crippen LogP contribution is 2.27. The second kappa shape index (κ2) is 8.74. The summed E-state index contributed by atoms with van der Waals surface area (Å²) >= 11 is 0. The second-order valence-corrected chi connectivity index (χ2v) is 7.05. The topological polar surface area (TPSA) is 105 Å². The second-order valence-electron chi connectivity index (χ2n) is 7.05. The number of amides is 2. The molecule has 0 aromatic heterocycles. The molecule has 2 amide bonds. The molecule has 3 N–H and O–H groups in total. The molecule has 0 radical (unpaired) electrons. The van der Waals surface area contributed by atoms with Gasteiger partial charge < -0.3 is 20.5 Å². The molecule has 1 aliphatic rings. The maximum Gasteiger partial charge on any atom is 0.408 e. The van der Waals surface area contributed by atoms with E-state index in [2.05, 4.69) is 10.6 Å². The van der Waals surface area contributed by atoms with E-state index in [1.165, 1.54) is 6.42 Å². The van der Waals surface area contributed by atoms with Crippen molar-refractivity contribution in [2.75, 3.05) is 6.54 Å². The predicted octanol–water partition coefficient (Wildman–Crippen LogP) is 2.05. The smallest absolute Gasteiger partial charge is 0.408 e. The van der Waals surface area contributed by atoms with Crippen LogP contribution in [-0.4, -0.2) is 41.3 Å². The maximum atomic E-state index is 11.8. The van der Waals surface area contributed by atoms with Gasteiger partial charge >= 0.3 is 12.1 Å². The molecule has 1 saturated carbocycles. The molecule has 0 unspecified atom stereocenters. The number of carbonyl (C=O) groups excluding carboxylic acids is 2. The molecule has 0 aromatic rings. The zero-order chi connectivity index (χ0) is 17.5. The average molecular weight is 328 g/mol. The number of hydrogen-bond acceptors (Lipinski definition) is 4. The van der Waals surface area contributed by atoms with Gasteiger partial charge in [-0.2, -0.15) is 0 Å². The quantitative estimate of drug-likeness (QED) is 0.692. The van der Waals surface area contributed by atoms with Gasteiger partial charge in [0, 0.05) is 0 Å². The summed E-state index contributed by atoms with van der Waals surface area (Å²) in [6.07, 6.45) is 5.18. The lowest BCUT2D eigenvalue weighted by Gasteiger charge is -2.25. The van der Waals surface area contributed by atoms with Crippen LogP contribution in [0.15, 0.2) is 0 Å². The van der Waals surface area contributed by atoms with Crippen LogP contribution in [0.4, 0.5) is 4.79 Å². The fourth-order valence-electron chi connectivity index (χ4n) is 2.69. The van der Waals surface area contributed by atoms with Crippen LogP contribution in [-0.2, 0) is 14.3 Å². The van der Waals surface area contributed by atoms with Crippen LogP contribution >= 0.6 is 0 Å². The minimum absolute atomic E-state index is 0.302. The molecule has 7 nitrogen and oxygen atoms in total. The molecule has 1 fully saturated rings. The lowest BCUT2D eigenvalue weighted by atomic mass is 9.85. The first kappa shape index (κ1) is 19.3. The highest BCUT2D eigenvalue weighted by Gasteiger charge is 2.25.